The lowest BCUT2D eigenvalue weighted by Crippen LogP contribution is -2.67. The lowest BCUT2D eigenvalue weighted by molar-refractivity contribution is -0.245. The molecule has 0 saturated heterocycles. The summed E-state index contributed by atoms with van der Waals surface area (Å²) in [7, 11) is 0. The minimum absolute atomic E-state index is 0.00462. The van der Waals surface area contributed by atoms with Crippen LogP contribution < -0.4 is 0 Å². The van der Waals surface area contributed by atoms with Gasteiger partial charge in [0.1, 0.15) is 0 Å². The Morgan fingerprint density at radius 3 is 2.18 bits per heavy atom. The second-order valence-corrected chi connectivity index (χ2v) is 14.8. The van der Waals surface area contributed by atoms with Crippen LogP contribution in [-0.2, 0) is 4.79 Å². The molecule has 0 heterocycles. The fraction of sp³-hybridized carbons (Fsp3) is 0.900. The summed E-state index contributed by atoms with van der Waals surface area (Å²) in [6, 6.07) is 0. The van der Waals surface area contributed by atoms with Gasteiger partial charge in [0, 0.05) is 5.41 Å². The Bertz CT molecular complexity index is 863. The third kappa shape index (κ3) is 2.86. The molecule has 0 spiro atoms. The minimum Gasteiger partial charge on any atom is -0.393 e. The summed E-state index contributed by atoms with van der Waals surface area (Å²) in [5, 5.41) is 10.8. The molecule has 1 N–H and O–H groups in total. The van der Waals surface area contributed by atoms with Gasteiger partial charge in [-0.25, -0.2) is 0 Å². The van der Waals surface area contributed by atoms with Crippen molar-refractivity contribution in [3.8, 4) is 0 Å². The summed E-state index contributed by atoms with van der Waals surface area (Å²) in [6.45, 7) is 19.0. The van der Waals surface area contributed by atoms with Crippen LogP contribution in [0.4, 0.5) is 0 Å². The van der Waals surface area contributed by atoms with Crippen LogP contribution in [0.3, 0.4) is 0 Å². The molecule has 0 aromatic heterocycles. The largest absolute Gasteiger partial charge is 0.393 e. The van der Waals surface area contributed by atoms with E-state index in [1.54, 1.807) is 0 Å². The highest BCUT2D eigenvalue weighted by atomic mass is 35.5. The number of aliphatic hydroxyl groups is 1. The van der Waals surface area contributed by atoms with Gasteiger partial charge in [-0.3, -0.25) is 4.79 Å². The number of allylic oxidation sites excluding steroid dienone is 1. The van der Waals surface area contributed by atoms with Crippen LogP contribution in [0, 0.1) is 56.7 Å². The average molecular weight is 475 g/mol. The van der Waals surface area contributed by atoms with Gasteiger partial charge < -0.3 is 5.11 Å². The molecular weight excluding hydrogens is 428 g/mol. The Labute approximate surface area is 207 Å². The molecule has 0 aliphatic heterocycles. The molecule has 0 aromatic rings. The molecule has 5 saturated carbocycles. The first-order valence-corrected chi connectivity index (χ1v) is 14.2. The maximum atomic E-state index is 13.0. The van der Waals surface area contributed by atoms with Crippen molar-refractivity contribution in [3.63, 3.8) is 0 Å². The van der Waals surface area contributed by atoms with E-state index < -0.39 is 0 Å². The summed E-state index contributed by atoms with van der Waals surface area (Å²) in [6.07, 6.45) is 11.0. The van der Waals surface area contributed by atoms with Gasteiger partial charge in [-0.15, -0.1) is 0 Å². The van der Waals surface area contributed by atoms with Gasteiger partial charge in [0.25, 0.3) is 0 Å². The van der Waals surface area contributed by atoms with Crippen molar-refractivity contribution in [3.05, 3.63) is 12.2 Å². The van der Waals surface area contributed by atoms with Crippen molar-refractivity contribution in [2.75, 3.05) is 0 Å². The molecule has 0 radical (unpaired) electrons. The maximum absolute atomic E-state index is 13.0. The van der Waals surface area contributed by atoms with Crippen LogP contribution in [0.1, 0.15) is 106 Å². The van der Waals surface area contributed by atoms with Crippen LogP contribution in [0.2, 0.25) is 0 Å². The van der Waals surface area contributed by atoms with Crippen molar-refractivity contribution in [1.29, 1.82) is 0 Å². The van der Waals surface area contributed by atoms with Crippen LogP contribution in [-0.4, -0.2) is 16.5 Å². The molecule has 33 heavy (non-hydrogen) atoms. The highest BCUT2D eigenvalue weighted by Crippen LogP contribution is 2.77. The quantitative estimate of drug-likeness (QED) is 0.327. The van der Waals surface area contributed by atoms with Crippen molar-refractivity contribution in [2.24, 2.45) is 56.7 Å². The molecule has 10 atom stereocenters. The Morgan fingerprint density at radius 1 is 0.848 bits per heavy atom. The topological polar surface area (TPSA) is 37.3 Å². The van der Waals surface area contributed by atoms with Crippen LogP contribution in [0.15, 0.2) is 12.2 Å². The fourth-order valence-corrected chi connectivity index (χ4v) is 11.8. The van der Waals surface area contributed by atoms with Crippen molar-refractivity contribution >= 4 is 16.8 Å². The van der Waals surface area contributed by atoms with E-state index >= 15 is 0 Å². The number of fused-ring (bicyclic) bond motifs is 7. The maximum Gasteiger partial charge on any atom is 0.228 e. The predicted octanol–water partition coefficient (Wildman–Crippen LogP) is 7.77. The summed E-state index contributed by atoms with van der Waals surface area (Å²) in [5.74, 6) is 2.65. The van der Waals surface area contributed by atoms with Crippen LogP contribution in [0.5, 0.6) is 0 Å². The summed E-state index contributed by atoms with van der Waals surface area (Å²) in [5.41, 5.74) is 1.75. The number of rotatable bonds is 2. The Hall–Kier alpha value is -0.340. The number of carbonyl (C=O) groups excluding carboxylic acids is 1. The summed E-state index contributed by atoms with van der Waals surface area (Å²) in [4.78, 5) is 13.0. The van der Waals surface area contributed by atoms with E-state index in [0.717, 1.165) is 38.5 Å². The van der Waals surface area contributed by atoms with Crippen LogP contribution in [0.25, 0.3) is 0 Å². The highest BCUT2D eigenvalue weighted by Gasteiger charge is 2.71. The van der Waals surface area contributed by atoms with E-state index in [0.29, 0.717) is 35.0 Å². The lowest BCUT2D eigenvalue weighted by Gasteiger charge is -2.72. The number of hydrogen-bond acceptors (Lipinski definition) is 2. The van der Waals surface area contributed by atoms with Gasteiger partial charge in [0.05, 0.1) is 6.10 Å². The number of aliphatic hydroxyl groups excluding tert-OH is 1. The molecule has 186 valence electrons. The zero-order chi connectivity index (χ0) is 24.2. The van der Waals surface area contributed by atoms with E-state index in [1.165, 1.54) is 31.3 Å². The summed E-state index contributed by atoms with van der Waals surface area (Å²) < 4.78 is 0. The first kappa shape index (κ1) is 24.4. The van der Waals surface area contributed by atoms with E-state index in [4.69, 9.17) is 11.6 Å². The second-order valence-electron chi connectivity index (χ2n) is 14.5. The molecular formula is C30H47ClO2. The van der Waals surface area contributed by atoms with Gasteiger partial charge in [-0.2, -0.15) is 0 Å². The standard InChI is InChI=1S/C30H47ClO2/c1-18(2)19-10-15-30(25(31)33)17-16-28(6)20(24(19)30)8-9-22-27(5)13-12-23(32)26(3,4)21(27)11-14-29(22,28)7/h19-24,32H,1,8-17H2,2-7H3/t19-,20+,21-,22+,23-,24+,27-,28+,29+,30-/m0/s1. The Morgan fingerprint density at radius 2 is 1.55 bits per heavy atom. The molecule has 0 bridgehead atoms. The Balaban J connectivity index is 1.57. The molecule has 3 heteroatoms. The van der Waals surface area contributed by atoms with Gasteiger partial charge in [0.15, 0.2) is 0 Å². The minimum atomic E-state index is -0.323. The van der Waals surface area contributed by atoms with E-state index in [1.807, 2.05) is 0 Å². The average Bonchev–Trinajstić information content (AvgIpc) is 3.13. The van der Waals surface area contributed by atoms with Crippen molar-refractivity contribution in [2.45, 2.75) is 112 Å². The number of carbonyl (C=O) groups is 1. The van der Waals surface area contributed by atoms with Gasteiger partial charge >= 0.3 is 0 Å². The highest BCUT2D eigenvalue weighted by molar-refractivity contribution is 6.64. The van der Waals surface area contributed by atoms with Crippen molar-refractivity contribution in [1.82, 2.24) is 0 Å². The van der Waals surface area contributed by atoms with Crippen molar-refractivity contribution < 1.29 is 9.90 Å². The van der Waals surface area contributed by atoms with E-state index in [-0.39, 0.29) is 33.0 Å². The predicted molar refractivity (Wildman–Crippen MR) is 136 cm³/mol. The smallest absolute Gasteiger partial charge is 0.228 e. The SMILES string of the molecule is C=C(C)[C@@H]1CC[C@]2(C(=O)Cl)CC[C@]3(C)[C@H](CC[C@@H]4[C@@]5(C)CC[C@H](O)C(C)(C)[C@@H]5CC[C@]43C)[C@@H]12. The molecule has 5 aliphatic carbocycles. The Kier molecular flexibility index (Phi) is 5.42. The van der Waals surface area contributed by atoms with E-state index in [9.17, 15) is 9.90 Å². The number of halogens is 1. The third-order valence-corrected chi connectivity index (χ3v) is 13.8. The second kappa shape index (κ2) is 7.34. The molecule has 5 aliphatic rings. The van der Waals surface area contributed by atoms with Crippen LogP contribution >= 0.6 is 11.6 Å². The van der Waals surface area contributed by atoms with E-state index in [2.05, 4.69) is 48.1 Å². The summed E-state index contributed by atoms with van der Waals surface area (Å²) >= 11 is 6.43. The van der Waals surface area contributed by atoms with Gasteiger partial charge in [-0.1, -0.05) is 46.8 Å². The zero-order valence-corrected chi connectivity index (χ0v) is 22.7. The molecule has 0 aromatic carbocycles. The molecule has 5 rings (SSSR count). The molecule has 5 fully saturated rings. The monoisotopic (exact) mass is 474 g/mol. The van der Waals surface area contributed by atoms with Gasteiger partial charge in [0.2, 0.25) is 5.24 Å². The zero-order valence-electron chi connectivity index (χ0n) is 22.0. The van der Waals surface area contributed by atoms with Gasteiger partial charge in [-0.05, 0) is 134 Å². The molecule has 0 unspecified atom stereocenters. The molecule has 0 amide bonds. The third-order valence-electron chi connectivity index (χ3n) is 13.4. The first-order valence-electron chi connectivity index (χ1n) is 13.8. The molecule has 2 nitrogen and oxygen atoms in total. The fourth-order valence-electron chi connectivity index (χ4n) is 11.5. The lowest BCUT2D eigenvalue weighted by atomic mass is 9.32. The number of hydrogen-bond donors (Lipinski definition) is 1. The first-order chi connectivity index (χ1) is 15.3. The normalized spacial score (nSPS) is 55.0.